The number of carbonyl (C=O) groups is 1. The molecule has 7 heteroatoms. The number of hydrogen-bond donors (Lipinski definition) is 1. The van der Waals surface area contributed by atoms with Crippen molar-refractivity contribution in [1.29, 1.82) is 0 Å². The van der Waals surface area contributed by atoms with Crippen molar-refractivity contribution in [3.8, 4) is 0 Å². The van der Waals surface area contributed by atoms with Gasteiger partial charge in [-0.1, -0.05) is 6.92 Å². The Morgan fingerprint density at radius 3 is 3.18 bits per heavy atom. The molecule has 0 aromatic carbocycles. The van der Waals surface area contributed by atoms with Crippen molar-refractivity contribution >= 4 is 11.6 Å². The number of nitrogens with one attached hydrogen (secondary N) is 1. The van der Waals surface area contributed by atoms with Crippen LogP contribution in [0.3, 0.4) is 0 Å². The number of anilines is 1. The minimum absolute atomic E-state index is 0.194. The Labute approximate surface area is 129 Å². The fourth-order valence-corrected chi connectivity index (χ4v) is 2.65. The summed E-state index contributed by atoms with van der Waals surface area (Å²) in [4.78, 5) is 16.7. The first-order chi connectivity index (χ1) is 10.7. The van der Waals surface area contributed by atoms with Crippen molar-refractivity contribution in [2.45, 2.75) is 32.9 Å². The van der Waals surface area contributed by atoms with Gasteiger partial charge in [-0.15, -0.1) is 0 Å². The molecule has 1 atom stereocenters. The Morgan fingerprint density at radius 2 is 2.36 bits per heavy atom. The topological polar surface area (TPSA) is 74.0 Å². The molecule has 3 rings (SSSR count). The molecule has 0 saturated heterocycles. The summed E-state index contributed by atoms with van der Waals surface area (Å²) in [6.45, 7) is 4.39. The number of fused-ring (bicyclic) bond motifs is 1. The van der Waals surface area contributed by atoms with Crippen molar-refractivity contribution in [2.75, 3.05) is 19.0 Å². The highest BCUT2D eigenvalue weighted by Crippen LogP contribution is 2.19. The second-order valence-electron chi connectivity index (χ2n) is 5.78. The van der Waals surface area contributed by atoms with Gasteiger partial charge < -0.3 is 14.6 Å². The van der Waals surface area contributed by atoms with E-state index in [0.717, 1.165) is 25.2 Å². The van der Waals surface area contributed by atoms with Crippen molar-refractivity contribution in [3.05, 3.63) is 30.1 Å². The van der Waals surface area contributed by atoms with E-state index < -0.39 is 0 Å². The Bertz CT molecular complexity index is 661. The number of rotatable bonds is 5. The van der Waals surface area contributed by atoms with Crippen LogP contribution in [-0.2, 0) is 24.2 Å². The molecule has 22 heavy (non-hydrogen) atoms. The predicted molar refractivity (Wildman–Crippen MR) is 81.8 cm³/mol. The maximum absolute atomic E-state index is 12.3. The minimum atomic E-state index is -0.194. The normalized spacial score (nSPS) is 17.3. The summed E-state index contributed by atoms with van der Waals surface area (Å²) in [6, 6.07) is 0. The molecule has 1 unspecified atom stereocenters. The van der Waals surface area contributed by atoms with Crippen LogP contribution in [-0.4, -0.2) is 39.0 Å². The first-order valence-corrected chi connectivity index (χ1v) is 7.54. The zero-order chi connectivity index (χ0) is 15.5. The molecular formula is C15H21N5O2. The Hall–Kier alpha value is -2.15. The van der Waals surface area contributed by atoms with Gasteiger partial charge in [0.05, 0.1) is 25.0 Å². The summed E-state index contributed by atoms with van der Waals surface area (Å²) >= 11 is 0. The molecule has 1 aliphatic heterocycles. The van der Waals surface area contributed by atoms with Crippen molar-refractivity contribution in [2.24, 2.45) is 5.92 Å². The minimum Gasteiger partial charge on any atom is -0.383 e. The SMILES string of the molecule is COCCn1cc(NC(=O)c2cn3c(n2)CCC(C)C3)cn1. The molecule has 0 saturated carbocycles. The molecule has 1 amide bonds. The molecule has 7 nitrogen and oxygen atoms in total. The van der Waals surface area contributed by atoms with E-state index in [0.29, 0.717) is 30.5 Å². The van der Waals surface area contributed by atoms with Crippen molar-refractivity contribution in [3.63, 3.8) is 0 Å². The highest BCUT2D eigenvalue weighted by molar-refractivity contribution is 6.02. The lowest BCUT2D eigenvalue weighted by Crippen LogP contribution is -2.17. The van der Waals surface area contributed by atoms with Gasteiger partial charge in [0.25, 0.3) is 5.91 Å². The monoisotopic (exact) mass is 303 g/mol. The smallest absolute Gasteiger partial charge is 0.275 e. The third kappa shape index (κ3) is 3.19. The standard InChI is InChI=1S/C15H21N5O2/c1-11-3-4-14-18-13(10-19(14)8-11)15(21)17-12-7-16-20(9-12)5-6-22-2/h7,9-11H,3-6,8H2,1-2H3,(H,17,21). The number of aromatic nitrogens is 4. The lowest BCUT2D eigenvalue weighted by molar-refractivity contribution is 0.102. The average molecular weight is 303 g/mol. The molecule has 118 valence electrons. The zero-order valence-electron chi connectivity index (χ0n) is 13.0. The summed E-state index contributed by atoms with van der Waals surface area (Å²) in [5.74, 6) is 1.44. The quantitative estimate of drug-likeness (QED) is 0.909. The van der Waals surface area contributed by atoms with Crippen LogP contribution < -0.4 is 5.32 Å². The van der Waals surface area contributed by atoms with Crippen molar-refractivity contribution in [1.82, 2.24) is 19.3 Å². The lowest BCUT2D eigenvalue weighted by Gasteiger charge is -2.19. The molecule has 2 aromatic heterocycles. The number of ether oxygens (including phenoxy) is 1. The maximum Gasteiger partial charge on any atom is 0.275 e. The summed E-state index contributed by atoms with van der Waals surface area (Å²) < 4.78 is 8.82. The molecule has 2 aromatic rings. The molecule has 0 fully saturated rings. The predicted octanol–water partition coefficient (Wildman–Crippen LogP) is 1.56. The molecular weight excluding hydrogens is 282 g/mol. The number of carbonyl (C=O) groups excluding carboxylic acids is 1. The van der Waals surface area contributed by atoms with E-state index in [1.807, 2.05) is 6.20 Å². The van der Waals surface area contributed by atoms with Crippen LogP contribution in [0.25, 0.3) is 0 Å². The Balaban J connectivity index is 1.66. The number of hydrogen-bond acceptors (Lipinski definition) is 4. The van der Waals surface area contributed by atoms with Crippen LogP contribution in [0.15, 0.2) is 18.6 Å². The first-order valence-electron chi connectivity index (χ1n) is 7.54. The third-order valence-electron chi connectivity index (χ3n) is 3.88. The Kier molecular flexibility index (Phi) is 4.24. The average Bonchev–Trinajstić information content (AvgIpc) is 3.11. The van der Waals surface area contributed by atoms with Gasteiger partial charge >= 0.3 is 0 Å². The van der Waals surface area contributed by atoms with Crippen LogP contribution in [0.5, 0.6) is 0 Å². The van der Waals surface area contributed by atoms with Crippen LogP contribution in [0.4, 0.5) is 5.69 Å². The van der Waals surface area contributed by atoms with E-state index in [2.05, 4.69) is 26.9 Å². The van der Waals surface area contributed by atoms with Gasteiger partial charge in [0.2, 0.25) is 0 Å². The molecule has 1 N–H and O–H groups in total. The fraction of sp³-hybridized carbons (Fsp3) is 0.533. The number of imidazole rings is 1. The fourth-order valence-electron chi connectivity index (χ4n) is 2.65. The van der Waals surface area contributed by atoms with Gasteiger partial charge in [-0.3, -0.25) is 9.48 Å². The highest BCUT2D eigenvalue weighted by Gasteiger charge is 2.20. The number of nitrogens with zero attached hydrogens (tertiary/aromatic N) is 4. The number of aryl methyl sites for hydroxylation is 1. The second-order valence-corrected chi connectivity index (χ2v) is 5.78. The van der Waals surface area contributed by atoms with Gasteiger partial charge in [-0.2, -0.15) is 5.10 Å². The van der Waals surface area contributed by atoms with E-state index in [-0.39, 0.29) is 5.91 Å². The van der Waals surface area contributed by atoms with E-state index in [4.69, 9.17) is 4.74 Å². The van der Waals surface area contributed by atoms with Crippen LogP contribution >= 0.6 is 0 Å². The van der Waals surface area contributed by atoms with E-state index in [1.54, 1.807) is 24.2 Å². The Morgan fingerprint density at radius 1 is 1.50 bits per heavy atom. The van der Waals surface area contributed by atoms with Crippen LogP contribution in [0, 0.1) is 5.92 Å². The van der Waals surface area contributed by atoms with Gasteiger partial charge in [0.15, 0.2) is 0 Å². The third-order valence-corrected chi connectivity index (χ3v) is 3.88. The van der Waals surface area contributed by atoms with E-state index >= 15 is 0 Å². The van der Waals surface area contributed by atoms with Crippen molar-refractivity contribution < 1.29 is 9.53 Å². The van der Waals surface area contributed by atoms with Gasteiger partial charge in [0, 0.05) is 32.5 Å². The van der Waals surface area contributed by atoms with Crippen LogP contribution in [0.2, 0.25) is 0 Å². The second kappa shape index (κ2) is 6.31. The summed E-state index contributed by atoms with van der Waals surface area (Å²) in [6.07, 6.45) is 7.32. The summed E-state index contributed by atoms with van der Waals surface area (Å²) in [5, 5.41) is 7.01. The molecule has 0 bridgehead atoms. The molecule has 3 heterocycles. The van der Waals surface area contributed by atoms with Crippen LogP contribution in [0.1, 0.15) is 29.7 Å². The van der Waals surface area contributed by atoms with Gasteiger partial charge in [0.1, 0.15) is 11.5 Å². The molecule has 0 aliphatic carbocycles. The van der Waals surface area contributed by atoms with Gasteiger partial charge in [-0.05, 0) is 12.3 Å². The van der Waals surface area contributed by atoms with Gasteiger partial charge in [-0.25, -0.2) is 4.98 Å². The number of amides is 1. The lowest BCUT2D eigenvalue weighted by atomic mass is 10.0. The molecule has 0 spiro atoms. The molecule has 1 aliphatic rings. The highest BCUT2D eigenvalue weighted by atomic mass is 16.5. The zero-order valence-corrected chi connectivity index (χ0v) is 13.0. The summed E-state index contributed by atoms with van der Waals surface area (Å²) in [5.41, 5.74) is 1.13. The first kappa shape index (κ1) is 14.8. The van der Waals surface area contributed by atoms with E-state index in [9.17, 15) is 4.79 Å². The maximum atomic E-state index is 12.3. The van der Waals surface area contributed by atoms with E-state index in [1.165, 1.54) is 0 Å². The number of methoxy groups -OCH3 is 1. The molecule has 0 radical (unpaired) electrons. The summed E-state index contributed by atoms with van der Waals surface area (Å²) in [7, 11) is 1.65. The largest absolute Gasteiger partial charge is 0.383 e.